The molecule has 0 spiro atoms. The largest absolute Gasteiger partial charge is 0.443 e. The van der Waals surface area contributed by atoms with Crippen LogP contribution in [0.3, 0.4) is 0 Å². The Balaban J connectivity index is 1.35. The van der Waals surface area contributed by atoms with Gasteiger partial charge in [-0.1, -0.05) is 60.7 Å². The molecule has 2 aromatic carbocycles. The minimum absolute atomic E-state index is 0.0262. The molecule has 1 N–H and O–H groups in total. The van der Waals surface area contributed by atoms with Gasteiger partial charge in [0.2, 0.25) is 12.1 Å². The molecule has 2 bridgehead atoms. The molecule has 13 nitrogen and oxygen atoms in total. The van der Waals surface area contributed by atoms with E-state index in [0.717, 1.165) is 21.2 Å². The zero-order chi connectivity index (χ0) is 31.4. The summed E-state index contributed by atoms with van der Waals surface area (Å²) >= 11 is 0. The molecule has 0 unspecified atom stereocenters. The maximum Gasteiger partial charge on any atom is 0.434 e. The molecule has 5 aliphatic rings. The average molecular weight is 609 g/mol. The Kier molecular flexibility index (Phi) is 7.50. The molecule has 5 saturated heterocycles. The van der Waals surface area contributed by atoms with E-state index in [1.807, 2.05) is 48.5 Å². The zero-order valence-electron chi connectivity index (χ0n) is 25.2. The summed E-state index contributed by atoms with van der Waals surface area (Å²) in [5, 5.41) is 6.03. The summed E-state index contributed by atoms with van der Waals surface area (Å²) in [5.74, 6) is -2.09. The fourth-order valence-corrected chi connectivity index (χ4v) is 6.01. The summed E-state index contributed by atoms with van der Waals surface area (Å²) in [4.78, 5) is 60.4. The van der Waals surface area contributed by atoms with Crippen LogP contribution in [0, 0.1) is 0 Å². The Morgan fingerprint density at radius 3 is 2.14 bits per heavy atom. The van der Waals surface area contributed by atoms with Crippen LogP contribution in [0.1, 0.15) is 45.7 Å². The Labute approximate surface area is 254 Å². The van der Waals surface area contributed by atoms with Crippen molar-refractivity contribution in [2.75, 3.05) is 0 Å². The van der Waals surface area contributed by atoms with Gasteiger partial charge in [0.1, 0.15) is 42.5 Å². The molecule has 0 saturated carbocycles. The fraction of sp³-hybridized carbons (Fsp3) is 0.484. The number of amides is 4. The summed E-state index contributed by atoms with van der Waals surface area (Å²) < 4.78 is 23.8. The van der Waals surface area contributed by atoms with E-state index in [2.05, 4.69) is 5.32 Å². The van der Waals surface area contributed by atoms with Gasteiger partial charge < -0.3 is 24.3 Å². The number of nitrogens with zero attached hydrogens (tertiary/aromatic N) is 3. The van der Waals surface area contributed by atoms with Gasteiger partial charge >= 0.3 is 12.2 Å². The molecule has 234 valence electrons. The molecule has 2 aromatic rings. The van der Waals surface area contributed by atoms with Crippen LogP contribution in [0.25, 0.3) is 0 Å². The lowest BCUT2D eigenvalue weighted by Gasteiger charge is -2.51. The molecule has 13 heteroatoms. The van der Waals surface area contributed by atoms with Crippen molar-refractivity contribution in [3.8, 4) is 0 Å². The number of hydrazine groups is 1. The van der Waals surface area contributed by atoms with Gasteiger partial charge in [0.25, 0.3) is 5.91 Å². The van der Waals surface area contributed by atoms with E-state index in [0.29, 0.717) is 0 Å². The lowest BCUT2D eigenvalue weighted by molar-refractivity contribution is -0.290. The third-order valence-electron chi connectivity index (χ3n) is 7.70. The number of hydrogen-bond acceptors (Lipinski definition) is 9. The highest BCUT2D eigenvalue weighted by Gasteiger charge is 2.72. The highest BCUT2D eigenvalue weighted by atomic mass is 16.8. The fourth-order valence-electron chi connectivity index (χ4n) is 6.01. The van der Waals surface area contributed by atoms with E-state index in [-0.39, 0.29) is 13.0 Å². The van der Waals surface area contributed by atoms with Gasteiger partial charge in [-0.3, -0.25) is 9.59 Å². The number of rotatable bonds is 5. The minimum atomic E-state index is -1.33. The van der Waals surface area contributed by atoms with Gasteiger partial charge in [-0.05, 0) is 45.7 Å². The van der Waals surface area contributed by atoms with Crippen molar-refractivity contribution in [1.29, 1.82) is 0 Å². The topological polar surface area (TPSA) is 136 Å². The third-order valence-corrected chi connectivity index (χ3v) is 7.70. The number of hydroxylamine groups is 2. The predicted octanol–water partition coefficient (Wildman–Crippen LogP) is 2.89. The SMILES string of the molecule is CC(C)(C)OC(=O)N1[C@H]2ON(C(=O)OCc3ccccc3)[C@@H]([C@@H]3OC(C)(C)O[C@@H]32)[C@H]2[C@@H](NC(=O)Cc3ccccc3)C(=O)N21. The van der Waals surface area contributed by atoms with Crippen molar-refractivity contribution in [3.05, 3.63) is 71.8 Å². The molecule has 0 radical (unpaired) electrons. The van der Waals surface area contributed by atoms with E-state index in [1.54, 1.807) is 46.8 Å². The molecular formula is C31H36N4O9. The predicted molar refractivity (Wildman–Crippen MR) is 152 cm³/mol. The quantitative estimate of drug-likeness (QED) is 0.508. The van der Waals surface area contributed by atoms with Crippen LogP contribution in [0.5, 0.6) is 0 Å². The first-order valence-corrected chi connectivity index (χ1v) is 14.5. The lowest BCUT2D eigenvalue weighted by atomic mass is 9.85. The first kappa shape index (κ1) is 29.9. The third kappa shape index (κ3) is 5.58. The lowest BCUT2D eigenvalue weighted by Crippen LogP contribution is -2.79. The highest BCUT2D eigenvalue weighted by Crippen LogP contribution is 2.48. The number of carbonyl (C=O) groups is 4. The number of benzene rings is 2. The number of carbonyl (C=O) groups excluding carboxylic acids is 4. The monoisotopic (exact) mass is 608 g/mol. The van der Waals surface area contributed by atoms with Crippen molar-refractivity contribution in [2.24, 2.45) is 0 Å². The summed E-state index contributed by atoms with van der Waals surface area (Å²) in [5.41, 5.74) is 0.588. The zero-order valence-corrected chi connectivity index (χ0v) is 25.2. The summed E-state index contributed by atoms with van der Waals surface area (Å²) in [6.45, 7) is 8.44. The van der Waals surface area contributed by atoms with Crippen LogP contribution in [0.4, 0.5) is 9.59 Å². The minimum Gasteiger partial charge on any atom is -0.443 e. The summed E-state index contributed by atoms with van der Waals surface area (Å²) in [6, 6.07) is 15.1. The average Bonchev–Trinajstić information content (AvgIpc) is 3.18. The summed E-state index contributed by atoms with van der Waals surface area (Å²) in [6.07, 6.45) is -4.79. The van der Waals surface area contributed by atoms with Crippen molar-refractivity contribution in [3.63, 3.8) is 0 Å². The van der Waals surface area contributed by atoms with Gasteiger partial charge in [0, 0.05) is 0 Å². The summed E-state index contributed by atoms with van der Waals surface area (Å²) in [7, 11) is 0. The second-order valence-electron chi connectivity index (χ2n) is 12.6. The molecule has 4 amide bonds. The van der Waals surface area contributed by atoms with Crippen LogP contribution in [-0.4, -0.2) is 87.0 Å². The molecule has 0 aliphatic carbocycles. The Morgan fingerprint density at radius 2 is 1.50 bits per heavy atom. The number of β-lactam (4-membered cyclic amide) rings is 1. The van der Waals surface area contributed by atoms with E-state index in [9.17, 15) is 19.2 Å². The van der Waals surface area contributed by atoms with Gasteiger partial charge in [0.05, 0.1) is 6.42 Å². The van der Waals surface area contributed by atoms with E-state index in [4.69, 9.17) is 23.8 Å². The smallest absolute Gasteiger partial charge is 0.434 e. The highest BCUT2D eigenvalue weighted by molar-refractivity contribution is 5.95. The molecule has 7 rings (SSSR count). The first-order chi connectivity index (χ1) is 20.8. The maximum absolute atomic E-state index is 13.8. The molecule has 5 aliphatic heterocycles. The molecule has 0 aromatic heterocycles. The molecule has 5 heterocycles. The van der Waals surface area contributed by atoms with Crippen molar-refractivity contribution < 1.29 is 43.0 Å². The Bertz CT molecular complexity index is 1430. The molecule has 44 heavy (non-hydrogen) atoms. The molecule has 5 fully saturated rings. The second-order valence-corrected chi connectivity index (χ2v) is 12.6. The van der Waals surface area contributed by atoms with Crippen molar-refractivity contribution in [2.45, 2.75) is 95.6 Å². The number of nitrogens with one attached hydrogen (secondary N) is 1. The van der Waals surface area contributed by atoms with Gasteiger partial charge in [-0.25, -0.2) is 19.4 Å². The standard InChI is InChI=1S/C31H36N4O9/c1-30(2,3)43-28(38)34-27-25-24(41-31(4,5)42-25)23(35(44-27)29(39)40-17-19-14-10-7-11-15-19)22-21(26(37)33(22)34)32-20(36)16-18-12-8-6-9-13-18/h6-15,21-25,27H,16-17H2,1-5H3,(H,32,36)/t21-,22-,23-,24+,25+,27+/m1/s1. The van der Waals surface area contributed by atoms with Crippen molar-refractivity contribution >= 4 is 24.0 Å². The Hall–Kier alpha value is -4.20. The number of hydrogen-bond donors (Lipinski definition) is 1. The van der Waals surface area contributed by atoms with Crippen LogP contribution in [0.2, 0.25) is 0 Å². The van der Waals surface area contributed by atoms with Crippen LogP contribution in [0.15, 0.2) is 60.7 Å². The van der Waals surface area contributed by atoms with Gasteiger partial charge in [0.15, 0.2) is 5.79 Å². The van der Waals surface area contributed by atoms with Gasteiger partial charge in [-0.15, -0.1) is 0 Å². The normalized spacial score (nSPS) is 28.4. The van der Waals surface area contributed by atoms with Crippen molar-refractivity contribution in [1.82, 2.24) is 20.4 Å². The van der Waals surface area contributed by atoms with Gasteiger partial charge in [-0.2, -0.15) is 10.1 Å². The maximum atomic E-state index is 13.8. The van der Waals surface area contributed by atoms with E-state index in [1.165, 1.54) is 5.01 Å². The number of ether oxygens (including phenoxy) is 4. The van der Waals surface area contributed by atoms with Crippen LogP contribution in [-0.2, 0) is 46.4 Å². The second kappa shape index (κ2) is 11.1. The number of fused-ring (bicyclic) bond motifs is 1. The first-order valence-electron chi connectivity index (χ1n) is 14.5. The molecule has 6 atom stereocenters. The van der Waals surface area contributed by atoms with E-state index < -0.39 is 72.0 Å². The van der Waals surface area contributed by atoms with Crippen LogP contribution >= 0.6 is 0 Å². The van der Waals surface area contributed by atoms with Crippen LogP contribution < -0.4 is 5.32 Å². The van der Waals surface area contributed by atoms with E-state index >= 15 is 0 Å². The Morgan fingerprint density at radius 1 is 0.886 bits per heavy atom. The molecular weight excluding hydrogens is 572 g/mol.